The number of halogens is 1. The Bertz CT molecular complexity index is 365. The van der Waals surface area contributed by atoms with Crippen LogP contribution in [0, 0.1) is 10.1 Å². The van der Waals surface area contributed by atoms with Gasteiger partial charge in [-0.2, -0.15) is 0 Å². The molecule has 0 saturated carbocycles. The first kappa shape index (κ1) is 11.0. The molecule has 1 aromatic rings. The molecule has 0 radical (unpaired) electrons. The average molecular weight is 260 g/mol. The van der Waals surface area contributed by atoms with Gasteiger partial charge in [0.15, 0.2) is 0 Å². The van der Waals surface area contributed by atoms with Crippen LogP contribution in [-0.2, 0) is 6.42 Å². The van der Waals surface area contributed by atoms with Crippen molar-refractivity contribution < 1.29 is 9.66 Å². The van der Waals surface area contributed by atoms with Crippen molar-refractivity contribution in [2.45, 2.75) is 13.3 Å². The molecule has 0 saturated heterocycles. The zero-order valence-corrected chi connectivity index (χ0v) is 9.50. The molecule has 76 valence electrons. The molecule has 0 heterocycles. The molecular weight excluding hydrogens is 250 g/mol. The molecule has 1 rings (SSSR count). The van der Waals surface area contributed by atoms with E-state index < -0.39 is 0 Å². The maximum atomic E-state index is 10.7. The molecule has 1 aromatic carbocycles. The summed E-state index contributed by atoms with van der Waals surface area (Å²) in [5, 5.41) is 10.7. The Hall–Kier alpha value is -1.10. The van der Waals surface area contributed by atoms with Crippen LogP contribution in [0.1, 0.15) is 12.5 Å². The van der Waals surface area contributed by atoms with Crippen molar-refractivity contribution >= 4 is 21.6 Å². The molecule has 0 aliphatic rings. The summed E-state index contributed by atoms with van der Waals surface area (Å²) in [6.07, 6.45) is 0.611. The molecule has 5 heteroatoms. The Morgan fingerprint density at radius 3 is 2.64 bits per heavy atom. The lowest BCUT2D eigenvalue weighted by Crippen LogP contribution is -1.96. The second-order valence-electron chi connectivity index (χ2n) is 2.73. The molecule has 0 aliphatic heterocycles. The number of benzene rings is 1. The van der Waals surface area contributed by atoms with Gasteiger partial charge in [0.1, 0.15) is 5.75 Å². The summed E-state index contributed by atoms with van der Waals surface area (Å²) >= 11 is 3.21. The minimum atomic E-state index is -0.386. The Morgan fingerprint density at radius 2 is 2.21 bits per heavy atom. The molecule has 4 nitrogen and oxygen atoms in total. The van der Waals surface area contributed by atoms with Crippen LogP contribution in [-0.4, -0.2) is 12.0 Å². The number of aryl methyl sites for hydroxylation is 1. The monoisotopic (exact) mass is 259 g/mol. The zero-order valence-electron chi connectivity index (χ0n) is 7.91. The van der Waals surface area contributed by atoms with Gasteiger partial charge in [-0.1, -0.05) is 6.92 Å². The van der Waals surface area contributed by atoms with Crippen molar-refractivity contribution in [3.05, 3.63) is 32.3 Å². The molecule has 0 aromatic heterocycles. The summed E-state index contributed by atoms with van der Waals surface area (Å²) in [5.74, 6) is 0.618. The number of nitro groups is 1. The highest BCUT2D eigenvalue weighted by Crippen LogP contribution is 2.32. The molecule has 0 bridgehead atoms. The smallest absolute Gasteiger partial charge is 0.273 e. The first-order valence-corrected chi connectivity index (χ1v) is 4.90. The average Bonchev–Trinajstić information content (AvgIpc) is 2.17. The van der Waals surface area contributed by atoms with E-state index >= 15 is 0 Å². The topological polar surface area (TPSA) is 52.4 Å². The largest absolute Gasteiger partial charge is 0.496 e. The fourth-order valence-electron chi connectivity index (χ4n) is 1.19. The molecule has 0 spiro atoms. The minimum Gasteiger partial charge on any atom is -0.496 e. The maximum Gasteiger partial charge on any atom is 0.273 e. The predicted molar refractivity (Wildman–Crippen MR) is 56.7 cm³/mol. The molecular formula is C9H10BrNO3. The number of rotatable bonds is 3. The molecule has 0 amide bonds. The highest BCUT2D eigenvalue weighted by molar-refractivity contribution is 9.10. The highest BCUT2D eigenvalue weighted by Gasteiger charge is 2.15. The maximum absolute atomic E-state index is 10.7. The molecule has 0 fully saturated rings. The van der Waals surface area contributed by atoms with Crippen molar-refractivity contribution in [3.63, 3.8) is 0 Å². The van der Waals surface area contributed by atoms with Gasteiger partial charge in [0.2, 0.25) is 0 Å². The normalized spacial score (nSPS) is 9.93. The van der Waals surface area contributed by atoms with Crippen LogP contribution in [0.5, 0.6) is 5.75 Å². The third kappa shape index (κ3) is 2.04. The number of ether oxygens (including phenoxy) is 1. The van der Waals surface area contributed by atoms with Gasteiger partial charge in [-0.3, -0.25) is 10.1 Å². The molecule has 0 unspecified atom stereocenters. The predicted octanol–water partition coefficient (Wildman–Crippen LogP) is 2.93. The van der Waals surface area contributed by atoms with Gasteiger partial charge < -0.3 is 4.74 Å². The van der Waals surface area contributed by atoms with Crippen molar-refractivity contribution in [3.8, 4) is 5.75 Å². The summed E-state index contributed by atoms with van der Waals surface area (Å²) in [4.78, 5) is 10.3. The number of nitrogens with zero attached hydrogens (tertiary/aromatic N) is 1. The fourth-order valence-corrected chi connectivity index (χ4v) is 1.69. The highest BCUT2D eigenvalue weighted by atomic mass is 79.9. The van der Waals surface area contributed by atoms with E-state index in [-0.39, 0.29) is 10.6 Å². The van der Waals surface area contributed by atoms with Gasteiger partial charge in [-0.15, -0.1) is 0 Å². The van der Waals surface area contributed by atoms with Crippen molar-refractivity contribution in [2.75, 3.05) is 7.11 Å². The first-order chi connectivity index (χ1) is 6.60. The lowest BCUT2D eigenvalue weighted by Gasteiger charge is -2.06. The fraction of sp³-hybridized carbons (Fsp3) is 0.333. The Kier molecular flexibility index (Phi) is 3.46. The Balaban J connectivity index is 3.31. The van der Waals surface area contributed by atoms with Crippen LogP contribution in [0.15, 0.2) is 16.6 Å². The lowest BCUT2D eigenvalue weighted by atomic mass is 10.1. The van der Waals surface area contributed by atoms with Gasteiger partial charge in [0.25, 0.3) is 5.69 Å². The van der Waals surface area contributed by atoms with Crippen LogP contribution in [0.4, 0.5) is 5.69 Å². The third-order valence-corrected chi connectivity index (χ3v) is 2.55. The molecule has 0 aliphatic carbocycles. The van der Waals surface area contributed by atoms with E-state index in [0.717, 1.165) is 0 Å². The second-order valence-corrected chi connectivity index (χ2v) is 3.58. The SMILES string of the molecule is CCc1cc(OC)c(Br)cc1[N+](=O)[O-]. The van der Waals surface area contributed by atoms with E-state index in [9.17, 15) is 10.1 Å². The summed E-state index contributed by atoms with van der Waals surface area (Å²) in [6.45, 7) is 1.87. The number of methoxy groups -OCH3 is 1. The van der Waals surface area contributed by atoms with Crippen LogP contribution < -0.4 is 4.74 Å². The Labute approximate surface area is 90.2 Å². The Morgan fingerprint density at radius 1 is 1.57 bits per heavy atom. The summed E-state index contributed by atoms with van der Waals surface area (Å²) in [5.41, 5.74) is 0.801. The van der Waals surface area contributed by atoms with E-state index in [1.807, 2.05) is 6.92 Å². The second kappa shape index (κ2) is 4.41. The van der Waals surface area contributed by atoms with E-state index in [1.165, 1.54) is 13.2 Å². The summed E-state index contributed by atoms with van der Waals surface area (Å²) in [6, 6.07) is 3.15. The summed E-state index contributed by atoms with van der Waals surface area (Å²) < 4.78 is 5.65. The van der Waals surface area contributed by atoms with Gasteiger partial charge >= 0.3 is 0 Å². The number of hydrogen-bond donors (Lipinski definition) is 0. The first-order valence-electron chi connectivity index (χ1n) is 4.11. The third-order valence-electron chi connectivity index (χ3n) is 1.93. The summed E-state index contributed by atoms with van der Waals surface area (Å²) in [7, 11) is 1.53. The van der Waals surface area contributed by atoms with Crippen molar-refractivity contribution in [1.29, 1.82) is 0 Å². The minimum absolute atomic E-state index is 0.125. The van der Waals surface area contributed by atoms with Gasteiger partial charge in [-0.05, 0) is 28.4 Å². The quantitative estimate of drug-likeness (QED) is 0.620. The van der Waals surface area contributed by atoms with Crippen LogP contribution in [0.3, 0.4) is 0 Å². The number of hydrogen-bond acceptors (Lipinski definition) is 3. The van der Waals surface area contributed by atoms with Crippen LogP contribution in [0.2, 0.25) is 0 Å². The van der Waals surface area contributed by atoms with Gasteiger partial charge in [-0.25, -0.2) is 0 Å². The van der Waals surface area contributed by atoms with Crippen molar-refractivity contribution in [2.24, 2.45) is 0 Å². The van der Waals surface area contributed by atoms with Gasteiger partial charge in [0, 0.05) is 11.6 Å². The standard InChI is InChI=1S/C9H10BrNO3/c1-3-6-4-9(14-2)7(10)5-8(6)11(12)13/h4-5H,3H2,1-2H3. The molecule has 0 N–H and O–H groups in total. The zero-order chi connectivity index (χ0) is 10.7. The van der Waals surface area contributed by atoms with Crippen LogP contribution in [0.25, 0.3) is 0 Å². The lowest BCUT2D eigenvalue weighted by molar-refractivity contribution is -0.385. The molecule has 14 heavy (non-hydrogen) atoms. The van der Waals surface area contributed by atoms with E-state index in [2.05, 4.69) is 15.9 Å². The van der Waals surface area contributed by atoms with Gasteiger partial charge in [0.05, 0.1) is 16.5 Å². The van der Waals surface area contributed by atoms with Crippen LogP contribution >= 0.6 is 15.9 Å². The van der Waals surface area contributed by atoms with E-state index in [0.29, 0.717) is 22.2 Å². The van der Waals surface area contributed by atoms with E-state index in [1.54, 1.807) is 6.07 Å². The molecule has 0 atom stereocenters. The number of nitro benzene ring substituents is 1. The van der Waals surface area contributed by atoms with E-state index in [4.69, 9.17) is 4.74 Å². The van der Waals surface area contributed by atoms with Crippen molar-refractivity contribution in [1.82, 2.24) is 0 Å².